The molecule has 0 aliphatic heterocycles. The van der Waals surface area contributed by atoms with Crippen molar-refractivity contribution >= 4 is 0 Å². The molecule has 2 nitrogen and oxygen atoms in total. The van der Waals surface area contributed by atoms with Gasteiger partial charge < -0.3 is 5.11 Å². The lowest BCUT2D eigenvalue weighted by Gasteiger charge is -2.57. The van der Waals surface area contributed by atoms with Crippen LogP contribution in [0.25, 0.3) is 0 Å². The third-order valence-corrected chi connectivity index (χ3v) is 6.73. The van der Waals surface area contributed by atoms with Crippen LogP contribution in [0.1, 0.15) is 35.8 Å². The van der Waals surface area contributed by atoms with Gasteiger partial charge in [0.15, 0.2) is 0 Å². The zero-order valence-electron chi connectivity index (χ0n) is 14.7. The summed E-state index contributed by atoms with van der Waals surface area (Å²) in [6.45, 7) is 0. The molecular formula is C24H23NO. The summed E-state index contributed by atoms with van der Waals surface area (Å²) >= 11 is 0. The van der Waals surface area contributed by atoms with E-state index < -0.39 is 6.10 Å². The number of rotatable bonds is 4. The highest BCUT2D eigenvalue weighted by molar-refractivity contribution is 5.46. The molecule has 0 amide bonds. The highest BCUT2D eigenvalue weighted by Gasteiger charge is 2.69. The van der Waals surface area contributed by atoms with Crippen molar-refractivity contribution in [2.24, 2.45) is 17.8 Å². The van der Waals surface area contributed by atoms with Gasteiger partial charge in [-0.05, 0) is 53.9 Å². The molecule has 0 radical (unpaired) electrons. The number of nitrogens with zero attached hydrogens (tertiary/aromatic N) is 1. The Hall–Kier alpha value is -2.45. The molecule has 3 unspecified atom stereocenters. The first-order valence-corrected chi connectivity index (χ1v) is 9.53. The summed E-state index contributed by atoms with van der Waals surface area (Å²) in [6.07, 6.45) is 3.82. The minimum Gasteiger partial charge on any atom is -0.388 e. The highest BCUT2D eigenvalue weighted by atomic mass is 16.3. The molecule has 3 aliphatic rings. The van der Waals surface area contributed by atoms with Crippen molar-refractivity contribution < 1.29 is 5.11 Å². The minimum absolute atomic E-state index is 0.0526. The number of benzene rings is 2. The molecule has 0 saturated heterocycles. The van der Waals surface area contributed by atoms with Crippen LogP contribution >= 0.6 is 0 Å². The van der Waals surface area contributed by atoms with Gasteiger partial charge in [-0.2, -0.15) is 0 Å². The van der Waals surface area contributed by atoms with E-state index in [1.54, 1.807) is 0 Å². The van der Waals surface area contributed by atoms with Crippen LogP contribution in [0, 0.1) is 17.8 Å². The van der Waals surface area contributed by atoms with E-state index in [1.807, 2.05) is 42.6 Å². The molecule has 3 aromatic rings. The summed E-state index contributed by atoms with van der Waals surface area (Å²) in [5.74, 6) is 1.17. The van der Waals surface area contributed by atoms with E-state index in [0.29, 0.717) is 17.8 Å². The Balaban J connectivity index is 1.59. The molecule has 2 bridgehead atoms. The van der Waals surface area contributed by atoms with Gasteiger partial charge in [-0.15, -0.1) is 0 Å². The minimum atomic E-state index is -0.394. The van der Waals surface area contributed by atoms with Gasteiger partial charge in [0, 0.05) is 11.6 Å². The molecule has 2 heteroatoms. The number of hydrogen-bond donors (Lipinski definition) is 1. The molecule has 130 valence electrons. The molecule has 0 spiro atoms. The van der Waals surface area contributed by atoms with Gasteiger partial charge in [0.2, 0.25) is 0 Å². The van der Waals surface area contributed by atoms with Crippen LogP contribution in [0.3, 0.4) is 0 Å². The number of aliphatic hydroxyl groups excluding tert-OH is 1. The Morgan fingerprint density at radius 2 is 1.42 bits per heavy atom. The summed E-state index contributed by atoms with van der Waals surface area (Å²) in [7, 11) is 0. The molecule has 26 heavy (non-hydrogen) atoms. The van der Waals surface area contributed by atoms with E-state index in [2.05, 4.69) is 42.5 Å². The van der Waals surface area contributed by atoms with Gasteiger partial charge in [0.25, 0.3) is 0 Å². The highest BCUT2D eigenvalue weighted by Crippen LogP contribution is 2.71. The maximum atomic E-state index is 11.1. The number of aromatic nitrogens is 1. The first-order chi connectivity index (χ1) is 12.8. The van der Waals surface area contributed by atoms with Crippen molar-refractivity contribution in [3.05, 3.63) is 102 Å². The standard InChI is InChI=1S/C24H23NO/c26-23(17-9-3-1-4-10-17)22-19-14-15-20(22)24(19,18-11-5-2-6-12-18)21-13-7-8-16-25-21/h1-13,16,19-20,22-23,26H,14-15H2/t19-,20+,22?,23?,24?. The Morgan fingerprint density at radius 3 is 2.04 bits per heavy atom. The lowest BCUT2D eigenvalue weighted by atomic mass is 9.46. The van der Waals surface area contributed by atoms with Gasteiger partial charge in [0.05, 0.1) is 11.8 Å². The van der Waals surface area contributed by atoms with Gasteiger partial charge in [0.1, 0.15) is 0 Å². The summed E-state index contributed by atoms with van der Waals surface area (Å²) < 4.78 is 0. The van der Waals surface area contributed by atoms with Crippen LogP contribution in [0.5, 0.6) is 0 Å². The average Bonchev–Trinajstić information content (AvgIpc) is 3.33. The first-order valence-electron chi connectivity index (χ1n) is 9.53. The van der Waals surface area contributed by atoms with E-state index in [1.165, 1.54) is 5.56 Å². The Bertz CT molecular complexity index is 824. The first kappa shape index (κ1) is 15.8. The topological polar surface area (TPSA) is 33.1 Å². The number of pyridine rings is 1. The van der Waals surface area contributed by atoms with E-state index in [9.17, 15) is 5.11 Å². The second-order valence-corrected chi connectivity index (χ2v) is 7.67. The van der Waals surface area contributed by atoms with E-state index in [-0.39, 0.29) is 5.41 Å². The van der Waals surface area contributed by atoms with Crippen molar-refractivity contribution in [2.45, 2.75) is 24.4 Å². The number of aliphatic hydroxyl groups is 1. The quantitative estimate of drug-likeness (QED) is 0.742. The predicted octanol–water partition coefficient (Wildman–Crippen LogP) is 4.76. The fourth-order valence-corrected chi connectivity index (χ4v) is 5.83. The average molecular weight is 341 g/mol. The largest absolute Gasteiger partial charge is 0.388 e. The maximum absolute atomic E-state index is 11.1. The fourth-order valence-electron chi connectivity index (χ4n) is 5.83. The van der Waals surface area contributed by atoms with Crippen LogP contribution < -0.4 is 0 Å². The third-order valence-electron chi connectivity index (χ3n) is 6.73. The normalized spacial score (nSPS) is 30.6. The van der Waals surface area contributed by atoms with Crippen molar-refractivity contribution in [1.29, 1.82) is 0 Å². The molecule has 1 N–H and O–H groups in total. The molecule has 3 fully saturated rings. The lowest BCUT2D eigenvalue weighted by molar-refractivity contribution is -0.0591. The zero-order chi connectivity index (χ0) is 17.6. The van der Waals surface area contributed by atoms with E-state index in [0.717, 1.165) is 24.1 Å². The number of hydrogen-bond acceptors (Lipinski definition) is 2. The SMILES string of the molecule is OC(c1ccccc1)C1[C@H]2CC[C@@H]1C2(c1ccccc1)c1ccccn1. The molecule has 3 saturated carbocycles. The monoisotopic (exact) mass is 341 g/mol. The molecule has 3 aliphatic carbocycles. The Morgan fingerprint density at radius 1 is 0.808 bits per heavy atom. The summed E-state index contributed by atoms with van der Waals surface area (Å²) in [4.78, 5) is 4.78. The molecule has 5 atom stereocenters. The summed E-state index contributed by atoms with van der Waals surface area (Å²) in [5, 5.41) is 11.1. The molecular weight excluding hydrogens is 318 g/mol. The van der Waals surface area contributed by atoms with Gasteiger partial charge in [-0.3, -0.25) is 4.98 Å². The second-order valence-electron chi connectivity index (χ2n) is 7.67. The molecule has 2 aromatic carbocycles. The van der Waals surface area contributed by atoms with Crippen molar-refractivity contribution in [2.75, 3.05) is 0 Å². The van der Waals surface area contributed by atoms with Crippen LogP contribution in [-0.4, -0.2) is 10.1 Å². The summed E-state index contributed by atoms with van der Waals surface area (Å²) in [6, 6.07) is 27.2. The second kappa shape index (κ2) is 6.07. The molecule has 1 aromatic heterocycles. The van der Waals surface area contributed by atoms with Crippen LogP contribution in [0.2, 0.25) is 0 Å². The third kappa shape index (κ3) is 2.05. The predicted molar refractivity (Wildman–Crippen MR) is 103 cm³/mol. The summed E-state index contributed by atoms with van der Waals surface area (Å²) in [5.41, 5.74) is 3.50. The van der Waals surface area contributed by atoms with Crippen molar-refractivity contribution in [1.82, 2.24) is 4.98 Å². The van der Waals surface area contributed by atoms with Crippen molar-refractivity contribution in [3.8, 4) is 0 Å². The van der Waals surface area contributed by atoms with Crippen molar-refractivity contribution in [3.63, 3.8) is 0 Å². The maximum Gasteiger partial charge on any atom is 0.0824 e. The smallest absolute Gasteiger partial charge is 0.0824 e. The fraction of sp³-hybridized carbons (Fsp3) is 0.292. The Labute approximate surface area is 154 Å². The van der Waals surface area contributed by atoms with E-state index in [4.69, 9.17) is 4.98 Å². The van der Waals surface area contributed by atoms with Gasteiger partial charge in [-0.25, -0.2) is 0 Å². The van der Waals surface area contributed by atoms with Crippen LogP contribution in [-0.2, 0) is 5.41 Å². The van der Waals surface area contributed by atoms with Crippen LogP contribution in [0.4, 0.5) is 0 Å². The van der Waals surface area contributed by atoms with Gasteiger partial charge >= 0.3 is 0 Å². The lowest BCUT2D eigenvalue weighted by Crippen LogP contribution is -2.57. The van der Waals surface area contributed by atoms with Gasteiger partial charge in [-0.1, -0.05) is 66.7 Å². The molecule has 1 heterocycles. The van der Waals surface area contributed by atoms with E-state index >= 15 is 0 Å². The Kier molecular flexibility index (Phi) is 3.68. The number of fused-ring (bicyclic) bond motifs is 1. The zero-order valence-corrected chi connectivity index (χ0v) is 14.7. The molecule has 6 rings (SSSR count). The van der Waals surface area contributed by atoms with Crippen LogP contribution in [0.15, 0.2) is 85.1 Å².